The standard InChI is InChI=1S/C28H36N4O5/c1-23-7-9-25(10-8-23)37-22-28(34)20-30(13-14-31(21-28)27(33)19-35-2)18-24-5-3-6-26(17-24)36-16-15-32-12-4-11-29-32/h3-12,17,34H,13-16,18-22H2,1-2H3/t28-/m0/s1. The maximum Gasteiger partial charge on any atom is 0.248 e. The average molecular weight is 509 g/mol. The van der Waals surface area contributed by atoms with Gasteiger partial charge in [-0.05, 0) is 42.8 Å². The van der Waals surface area contributed by atoms with E-state index >= 15 is 0 Å². The molecule has 1 atom stereocenters. The molecule has 2 heterocycles. The number of carbonyl (C=O) groups excluding carboxylic acids is 1. The number of aromatic nitrogens is 2. The molecule has 3 aromatic rings. The smallest absolute Gasteiger partial charge is 0.248 e. The largest absolute Gasteiger partial charge is 0.492 e. The van der Waals surface area contributed by atoms with E-state index in [9.17, 15) is 9.90 Å². The normalized spacial score (nSPS) is 18.4. The van der Waals surface area contributed by atoms with Crippen LogP contribution in [-0.2, 0) is 22.6 Å². The molecule has 0 spiro atoms. The summed E-state index contributed by atoms with van der Waals surface area (Å²) in [4.78, 5) is 16.5. The molecule has 9 nitrogen and oxygen atoms in total. The summed E-state index contributed by atoms with van der Waals surface area (Å²) < 4.78 is 18.8. The van der Waals surface area contributed by atoms with E-state index in [0.717, 1.165) is 16.9 Å². The number of ether oxygens (including phenoxy) is 3. The van der Waals surface area contributed by atoms with Gasteiger partial charge in [0.15, 0.2) is 0 Å². The highest BCUT2D eigenvalue weighted by molar-refractivity contribution is 5.77. The lowest BCUT2D eigenvalue weighted by atomic mass is 10.0. The molecule has 0 aliphatic carbocycles. The zero-order valence-electron chi connectivity index (χ0n) is 21.6. The second-order valence-electron chi connectivity index (χ2n) is 9.55. The number of amides is 1. The molecule has 0 unspecified atom stereocenters. The van der Waals surface area contributed by atoms with Crippen molar-refractivity contribution in [1.82, 2.24) is 19.6 Å². The molecule has 0 saturated carbocycles. The maximum atomic E-state index is 12.7. The zero-order valence-corrected chi connectivity index (χ0v) is 21.6. The summed E-state index contributed by atoms with van der Waals surface area (Å²) in [6.07, 6.45) is 3.66. The Hall–Kier alpha value is -3.40. The quantitative estimate of drug-likeness (QED) is 0.425. The molecular formula is C28H36N4O5. The molecule has 0 bridgehead atoms. The third kappa shape index (κ3) is 8.04. The summed E-state index contributed by atoms with van der Waals surface area (Å²) in [7, 11) is 1.50. The fraction of sp³-hybridized carbons (Fsp3) is 0.429. The van der Waals surface area contributed by atoms with Crippen molar-refractivity contribution in [2.45, 2.75) is 25.6 Å². The first-order valence-corrected chi connectivity index (χ1v) is 12.5. The van der Waals surface area contributed by atoms with Crippen molar-refractivity contribution in [3.63, 3.8) is 0 Å². The second kappa shape index (κ2) is 12.7. The number of hydrogen-bond acceptors (Lipinski definition) is 7. The summed E-state index contributed by atoms with van der Waals surface area (Å²) in [6, 6.07) is 17.6. The van der Waals surface area contributed by atoms with E-state index in [1.54, 1.807) is 11.1 Å². The number of benzene rings is 2. The fourth-order valence-corrected chi connectivity index (χ4v) is 4.43. The van der Waals surface area contributed by atoms with Gasteiger partial charge in [-0.3, -0.25) is 14.4 Å². The minimum absolute atomic E-state index is 0.0210. The lowest BCUT2D eigenvalue weighted by Gasteiger charge is -2.33. The van der Waals surface area contributed by atoms with E-state index in [4.69, 9.17) is 14.2 Å². The molecular weight excluding hydrogens is 472 g/mol. The van der Waals surface area contributed by atoms with Crippen molar-refractivity contribution in [1.29, 1.82) is 0 Å². The average Bonchev–Trinajstić information content (AvgIpc) is 3.34. The van der Waals surface area contributed by atoms with Gasteiger partial charge in [-0.25, -0.2) is 0 Å². The summed E-state index contributed by atoms with van der Waals surface area (Å²) in [5, 5.41) is 15.8. The molecule has 1 aliphatic heterocycles. The van der Waals surface area contributed by atoms with E-state index in [1.807, 2.05) is 72.4 Å². The molecule has 4 rings (SSSR count). The van der Waals surface area contributed by atoms with Crippen molar-refractivity contribution < 1.29 is 24.1 Å². The van der Waals surface area contributed by atoms with Gasteiger partial charge in [0.2, 0.25) is 5.91 Å². The number of aryl methyl sites for hydroxylation is 1. The van der Waals surface area contributed by atoms with E-state index in [2.05, 4.69) is 10.00 Å². The molecule has 1 amide bonds. The highest BCUT2D eigenvalue weighted by Gasteiger charge is 2.37. The van der Waals surface area contributed by atoms with Crippen molar-refractivity contribution in [3.8, 4) is 11.5 Å². The molecule has 1 aliphatic rings. The predicted octanol–water partition coefficient (Wildman–Crippen LogP) is 2.37. The number of nitrogens with zero attached hydrogens (tertiary/aromatic N) is 4. The van der Waals surface area contributed by atoms with Gasteiger partial charge in [-0.15, -0.1) is 0 Å². The van der Waals surface area contributed by atoms with E-state index in [0.29, 0.717) is 45.1 Å². The van der Waals surface area contributed by atoms with Gasteiger partial charge in [0, 0.05) is 45.7 Å². The van der Waals surface area contributed by atoms with Crippen molar-refractivity contribution >= 4 is 5.91 Å². The molecule has 1 fully saturated rings. The lowest BCUT2D eigenvalue weighted by Crippen LogP contribution is -2.52. The minimum atomic E-state index is -1.25. The van der Waals surface area contributed by atoms with Crippen LogP contribution in [0.5, 0.6) is 11.5 Å². The molecule has 9 heteroatoms. The molecule has 1 saturated heterocycles. The first kappa shape index (κ1) is 26.7. The van der Waals surface area contributed by atoms with Crippen LogP contribution in [0.15, 0.2) is 67.0 Å². The summed E-state index contributed by atoms with van der Waals surface area (Å²) in [5.41, 5.74) is 0.952. The topological polar surface area (TPSA) is 89.3 Å². The third-order valence-corrected chi connectivity index (χ3v) is 6.29. The first-order chi connectivity index (χ1) is 17.9. The molecule has 2 aromatic carbocycles. The summed E-state index contributed by atoms with van der Waals surface area (Å²) in [6.45, 7) is 5.50. The fourth-order valence-electron chi connectivity index (χ4n) is 4.43. The number of rotatable bonds is 11. The number of hydrogen-bond donors (Lipinski definition) is 1. The molecule has 37 heavy (non-hydrogen) atoms. The molecule has 0 radical (unpaired) electrons. The van der Waals surface area contributed by atoms with Gasteiger partial charge < -0.3 is 24.2 Å². The van der Waals surface area contributed by atoms with Crippen LogP contribution in [-0.4, -0.2) is 89.3 Å². The second-order valence-corrected chi connectivity index (χ2v) is 9.55. The van der Waals surface area contributed by atoms with Crippen molar-refractivity contribution in [2.75, 3.05) is 53.1 Å². The van der Waals surface area contributed by atoms with Gasteiger partial charge in [-0.1, -0.05) is 29.8 Å². The van der Waals surface area contributed by atoms with Crippen LogP contribution < -0.4 is 9.47 Å². The highest BCUT2D eigenvalue weighted by atomic mass is 16.5. The van der Waals surface area contributed by atoms with Crippen molar-refractivity contribution in [2.24, 2.45) is 0 Å². The van der Waals surface area contributed by atoms with Gasteiger partial charge in [0.05, 0.1) is 13.1 Å². The SMILES string of the molecule is COCC(=O)N1CCN(Cc2cccc(OCCn3cccn3)c2)C[C@@](O)(COc2ccc(C)cc2)C1. The molecule has 1 N–H and O–H groups in total. The Labute approximate surface area is 218 Å². The van der Waals surface area contributed by atoms with E-state index < -0.39 is 5.60 Å². The summed E-state index contributed by atoms with van der Waals surface area (Å²) >= 11 is 0. The minimum Gasteiger partial charge on any atom is -0.492 e. The van der Waals surface area contributed by atoms with Crippen LogP contribution in [0.1, 0.15) is 11.1 Å². The number of carbonyl (C=O) groups is 1. The van der Waals surface area contributed by atoms with E-state index in [-0.39, 0.29) is 25.7 Å². The first-order valence-electron chi connectivity index (χ1n) is 12.5. The Morgan fingerprint density at radius 1 is 1.05 bits per heavy atom. The van der Waals surface area contributed by atoms with Gasteiger partial charge in [0.25, 0.3) is 0 Å². The Balaban J connectivity index is 1.41. The summed E-state index contributed by atoms with van der Waals surface area (Å²) in [5.74, 6) is 1.32. The van der Waals surface area contributed by atoms with Gasteiger partial charge in [0.1, 0.15) is 36.9 Å². The van der Waals surface area contributed by atoms with E-state index in [1.165, 1.54) is 7.11 Å². The Bertz CT molecular complexity index is 1120. The third-order valence-electron chi connectivity index (χ3n) is 6.29. The van der Waals surface area contributed by atoms with Gasteiger partial charge in [-0.2, -0.15) is 5.10 Å². The monoisotopic (exact) mass is 508 g/mol. The zero-order chi connectivity index (χ0) is 26.1. The Morgan fingerprint density at radius 2 is 1.89 bits per heavy atom. The van der Waals surface area contributed by atoms with Crippen LogP contribution in [0.25, 0.3) is 0 Å². The van der Waals surface area contributed by atoms with Crippen LogP contribution in [0.2, 0.25) is 0 Å². The Morgan fingerprint density at radius 3 is 2.65 bits per heavy atom. The Kier molecular flexibility index (Phi) is 9.16. The van der Waals surface area contributed by atoms with Crippen molar-refractivity contribution in [3.05, 3.63) is 78.1 Å². The van der Waals surface area contributed by atoms with Gasteiger partial charge >= 0.3 is 0 Å². The van der Waals surface area contributed by atoms with Crippen LogP contribution in [0.4, 0.5) is 0 Å². The predicted molar refractivity (Wildman–Crippen MR) is 140 cm³/mol. The number of aliphatic hydroxyl groups is 1. The lowest BCUT2D eigenvalue weighted by molar-refractivity contribution is -0.138. The highest BCUT2D eigenvalue weighted by Crippen LogP contribution is 2.21. The molecule has 198 valence electrons. The van der Waals surface area contributed by atoms with Crippen LogP contribution in [0.3, 0.4) is 0 Å². The number of β-amino-alcohol motifs (C(OH)–C–C–N with tert-alkyl or cyclic N) is 1. The maximum absolute atomic E-state index is 12.7. The number of methoxy groups -OCH3 is 1. The van der Waals surface area contributed by atoms with Crippen LogP contribution in [0, 0.1) is 6.92 Å². The molecule has 1 aromatic heterocycles. The van der Waals surface area contributed by atoms with Crippen LogP contribution >= 0.6 is 0 Å².